The first-order valence-corrected chi connectivity index (χ1v) is 10.3. The van der Waals surface area contributed by atoms with Gasteiger partial charge in [0.25, 0.3) is 0 Å². The molecule has 2 aromatic carbocycles. The molecule has 0 aliphatic heterocycles. The van der Waals surface area contributed by atoms with E-state index < -0.39 is 11.9 Å². The molecule has 2 heterocycles. The van der Waals surface area contributed by atoms with Gasteiger partial charge < -0.3 is 24.9 Å². The monoisotopic (exact) mass is 452 g/mol. The highest BCUT2D eigenvalue weighted by molar-refractivity contribution is 7.09. The lowest BCUT2D eigenvalue weighted by Gasteiger charge is -2.12. The Kier molecular flexibility index (Phi) is 5.54. The number of aryl methyl sites for hydroxylation is 1. The Labute approximate surface area is 187 Å². The van der Waals surface area contributed by atoms with E-state index >= 15 is 0 Å². The molecule has 0 atom stereocenters. The summed E-state index contributed by atoms with van der Waals surface area (Å²) in [6, 6.07) is 10.4. The van der Waals surface area contributed by atoms with Gasteiger partial charge >= 0.3 is 5.97 Å². The molecule has 32 heavy (non-hydrogen) atoms. The lowest BCUT2D eigenvalue weighted by Crippen LogP contribution is -2.11. The number of rotatable bonds is 7. The summed E-state index contributed by atoms with van der Waals surface area (Å²) in [5.74, 6) is -0.0130. The Bertz CT molecular complexity index is 1330. The minimum atomic E-state index is -1.01. The average molecular weight is 452 g/mol. The topological polar surface area (TPSA) is 130 Å². The number of carboxylic acids is 1. The summed E-state index contributed by atoms with van der Waals surface area (Å²) in [6.45, 7) is 1.65. The number of nitrogens with zero attached hydrogens (tertiary/aromatic N) is 3. The third-order valence-corrected chi connectivity index (χ3v) is 5.74. The van der Waals surface area contributed by atoms with Crippen LogP contribution in [0.25, 0.3) is 33.0 Å². The Hall–Kier alpha value is -3.92. The van der Waals surface area contributed by atoms with Gasteiger partial charge in [-0.2, -0.15) is 4.37 Å². The zero-order valence-electron chi connectivity index (χ0n) is 17.6. The number of benzene rings is 2. The first-order valence-electron chi connectivity index (χ1n) is 9.54. The van der Waals surface area contributed by atoms with Gasteiger partial charge in [0, 0.05) is 16.5 Å². The number of carboxylic acid groups (broad SMARTS) is 1. The number of aromatic nitrogens is 3. The average Bonchev–Trinajstić information content (AvgIpc) is 3.37. The van der Waals surface area contributed by atoms with Gasteiger partial charge in [-0.1, -0.05) is 0 Å². The lowest BCUT2D eigenvalue weighted by atomic mass is 10.1. The van der Waals surface area contributed by atoms with Gasteiger partial charge in [0.15, 0.2) is 10.8 Å². The van der Waals surface area contributed by atoms with Gasteiger partial charge in [-0.05, 0) is 60.4 Å². The quantitative estimate of drug-likeness (QED) is 0.440. The number of hydrogen-bond donors (Lipinski definition) is 2. The SMILES string of the molecule is COc1cc(C)cc(OC)c1-c1nsc(-c2cc3cc(C(N)=O)ccc3n2CC(=O)O)n1. The van der Waals surface area contributed by atoms with Crippen LogP contribution in [0.1, 0.15) is 15.9 Å². The molecule has 0 saturated carbocycles. The number of fused-ring (bicyclic) bond motifs is 1. The molecule has 0 saturated heterocycles. The highest BCUT2D eigenvalue weighted by atomic mass is 32.1. The minimum absolute atomic E-state index is 0.277. The fourth-order valence-corrected chi connectivity index (χ4v) is 4.29. The van der Waals surface area contributed by atoms with E-state index in [9.17, 15) is 14.7 Å². The van der Waals surface area contributed by atoms with Crippen LogP contribution in [0.4, 0.5) is 0 Å². The van der Waals surface area contributed by atoms with Gasteiger partial charge in [0.2, 0.25) is 5.91 Å². The van der Waals surface area contributed by atoms with Crippen LogP contribution in [0, 0.1) is 6.92 Å². The number of ether oxygens (including phenoxy) is 2. The van der Waals surface area contributed by atoms with Crippen LogP contribution in [0.5, 0.6) is 11.5 Å². The van der Waals surface area contributed by atoms with Crippen molar-refractivity contribution in [2.75, 3.05) is 14.2 Å². The van der Waals surface area contributed by atoms with E-state index in [1.54, 1.807) is 43.1 Å². The maximum atomic E-state index is 11.6. The highest BCUT2D eigenvalue weighted by Gasteiger charge is 2.22. The first-order chi connectivity index (χ1) is 15.3. The molecule has 2 aromatic heterocycles. The molecule has 0 aliphatic rings. The number of amides is 1. The second kappa shape index (κ2) is 8.31. The largest absolute Gasteiger partial charge is 0.496 e. The summed E-state index contributed by atoms with van der Waals surface area (Å²) in [5, 5.41) is 10.6. The lowest BCUT2D eigenvalue weighted by molar-refractivity contribution is -0.137. The van der Waals surface area contributed by atoms with Gasteiger partial charge in [-0.15, -0.1) is 0 Å². The van der Waals surface area contributed by atoms with E-state index in [1.807, 2.05) is 19.1 Å². The molecular weight excluding hydrogens is 432 g/mol. The van der Waals surface area contributed by atoms with Crippen molar-refractivity contribution in [1.82, 2.24) is 13.9 Å². The number of carbonyl (C=O) groups is 2. The maximum absolute atomic E-state index is 11.6. The molecule has 0 fully saturated rings. The van der Waals surface area contributed by atoms with Crippen molar-refractivity contribution in [2.24, 2.45) is 5.73 Å². The van der Waals surface area contributed by atoms with Crippen molar-refractivity contribution < 1.29 is 24.2 Å². The van der Waals surface area contributed by atoms with Crippen LogP contribution in [0.15, 0.2) is 36.4 Å². The van der Waals surface area contributed by atoms with Crippen LogP contribution in [-0.2, 0) is 11.3 Å². The van der Waals surface area contributed by atoms with Crippen molar-refractivity contribution in [3.63, 3.8) is 0 Å². The summed E-state index contributed by atoms with van der Waals surface area (Å²) in [7, 11) is 3.12. The summed E-state index contributed by atoms with van der Waals surface area (Å²) in [6.07, 6.45) is 0. The number of methoxy groups -OCH3 is 2. The molecule has 4 rings (SSSR count). The van der Waals surface area contributed by atoms with Crippen LogP contribution >= 0.6 is 11.5 Å². The van der Waals surface area contributed by atoms with Gasteiger partial charge in [0.1, 0.15) is 23.6 Å². The van der Waals surface area contributed by atoms with Gasteiger partial charge in [-0.3, -0.25) is 9.59 Å². The number of aliphatic carboxylic acids is 1. The molecule has 0 unspecified atom stereocenters. The minimum Gasteiger partial charge on any atom is -0.496 e. The van der Waals surface area contributed by atoms with Crippen molar-refractivity contribution in [3.8, 4) is 33.6 Å². The summed E-state index contributed by atoms with van der Waals surface area (Å²) >= 11 is 1.13. The van der Waals surface area contributed by atoms with E-state index in [4.69, 9.17) is 15.2 Å². The van der Waals surface area contributed by atoms with Gasteiger partial charge in [0.05, 0.1) is 19.9 Å². The summed E-state index contributed by atoms with van der Waals surface area (Å²) in [4.78, 5) is 27.8. The van der Waals surface area contributed by atoms with Gasteiger partial charge in [-0.25, -0.2) is 4.98 Å². The van der Waals surface area contributed by atoms with E-state index in [0.717, 1.165) is 17.1 Å². The first kappa shape index (κ1) is 21.3. The maximum Gasteiger partial charge on any atom is 0.323 e. The van der Waals surface area contributed by atoms with Crippen molar-refractivity contribution in [2.45, 2.75) is 13.5 Å². The zero-order chi connectivity index (χ0) is 23.0. The molecule has 3 N–H and O–H groups in total. The number of carbonyl (C=O) groups excluding carboxylic acids is 1. The number of primary amides is 1. The van der Waals surface area contributed by atoms with Crippen LogP contribution in [0.2, 0.25) is 0 Å². The molecule has 0 spiro atoms. The molecule has 0 aliphatic carbocycles. The molecule has 10 heteroatoms. The fraction of sp³-hybridized carbons (Fsp3) is 0.182. The second-order valence-corrected chi connectivity index (χ2v) is 7.87. The Morgan fingerprint density at radius 3 is 2.41 bits per heavy atom. The molecule has 9 nitrogen and oxygen atoms in total. The van der Waals surface area contributed by atoms with E-state index in [0.29, 0.717) is 50.1 Å². The van der Waals surface area contributed by atoms with E-state index in [2.05, 4.69) is 9.36 Å². The highest BCUT2D eigenvalue weighted by Crippen LogP contribution is 2.40. The smallest absolute Gasteiger partial charge is 0.323 e. The Balaban J connectivity index is 1.88. The molecule has 0 radical (unpaired) electrons. The van der Waals surface area contributed by atoms with Crippen LogP contribution < -0.4 is 15.2 Å². The third kappa shape index (κ3) is 3.76. The Morgan fingerprint density at radius 1 is 1.12 bits per heavy atom. The molecular formula is C22H20N4O5S. The van der Waals surface area contributed by atoms with Crippen LogP contribution in [0.3, 0.4) is 0 Å². The predicted molar refractivity (Wildman–Crippen MR) is 120 cm³/mol. The normalized spacial score (nSPS) is 11.0. The van der Waals surface area contributed by atoms with Crippen molar-refractivity contribution in [3.05, 3.63) is 47.5 Å². The standard InChI is InChI=1S/C22H20N4O5S/c1-11-6-16(30-2)19(17(7-11)31-3)21-24-22(32-25-21)15-9-13-8-12(20(23)29)4-5-14(13)26(15)10-18(27)28/h4-9H,10H2,1-3H3,(H2,23,29)(H,27,28). The van der Waals surface area contributed by atoms with Crippen molar-refractivity contribution >= 4 is 34.3 Å². The third-order valence-electron chi connectivity index (χ3n) is 5.00. The Morgan fingerprint density at radius 2 is 1.81 bits per heavy atom. The molecule has 0 bridgehead atoms. The van der Waals surface area contributed by atoms with E-state index in [1.165, 1.54) is 0 Å². The predicted octanol–water partition coefficient (Wildman–Crippen LogP) is 3.34. The number of hydrogen-bond acceptors (Lipinski definition) is 7. The van der Waals surface area contributed by atoms with E-state index in [-0.39, 0.29) is 6.54 Å². The number of nitrogens with two attached hydrogens (primary N) is 1. The second-order valence-electron chi connectivity index (χ2n) is 7.11. The molecule has 1 amide bonds. The summed E-state index contributed by atoms with van der Waals surface area (Å²) in [5.41, 5.74) is 8.52. The molecule has 164 valence electrons. The van der Waals surface area contributed by atoms with Crippen molar-refractivity contribution in [1.29, 1.82) is 0 Å². The zero-order valence-corrected chi connectivity index (χ0v) is 18.4. The molecule has 4 aromatic rings. The van der Waals surface area contributed by atoms with Crippen LogP contribution in [-0.4, -0.2) is 45.1 Å². The summed E-state index contributed by atoms with van der Waals surface area (Å²) < 4.78 is 17.1. The fourth-order valence-electron chi connectivity index (χ4n) is 3.60.